The largest absolute Gasteiger partial charge is 0.724 e. The molecule has 236 valence electrons. The third kappa shape index (κ3) is 5.61. The summed E-state index contributed by atoms with van der Waals surface area (Å²) in [6.07, 6.45) is 1.66. The van der Waals surface area contributed by atoms with E-state index >= 15 is 0 Å². The molecule has 6 aliphatic rings. The molecule has 0 unspecified atom stereocenters. The van der Waals surface area contributed by atoms with Gasteiger partial charge in [0.05, 0.1) is 18.7 Å². The Hall–Kier alpha value is -2.82. The van der Waals surface area contributed by atoms with Crippen molar-refractivity contribution in [2.75, 3.05) is 45.9 Å². The predicted molar refractivity (Wildman–Crippen MR) is 131 cm³/mol. The number of β-amino-alcohol motifs (C(OH)–C–C–N with tert-alkyl or cyclic N) is 1. The average molecular weight is 639 g/mol. The number of hydroxylamine groups is 4. The summed E-state index contributed by atoms with van der Waals surface area (Å²) in [5, 5.41) is 10.1. The van der Waals surface area contributed by atoms with Crippen molar-refractivity contribution in [1.82, 2.24) is 29.7 Å². The maximum Gasteiger partial charge on any atom is 0.346 e. The van der Waals surface area contributed by atoms with Crippen LogP contribution < -0.4 is 0 Å². The van der Waals surface area contributed by atoms with Gasteiger partial charge in [0.25, 0.3) is 0 Å². The van der Waals surface area contributed by atoms with Crippen molar-refractivity contribution in [1.29, 1.82) is 0 Å². The van der Waals surface area contributed by atoms with Gasteiger partial charge in [-0.15, -0.1) is 0 Å². The Kier molecular flexibility index (Phi) is 8.04. The van der Waals surface area contributed by atoms with Crippen molar-refractivity contribution in [2.24, 2.45) is 11.8 Å². The van der Waals surface area contributed by atoms with Crippen LogP contribution in [0.5, 0.6) is 0 Å². The van der Waals surface area contributed by atoms with Crippen LogP contribution in [0.1, 0.15) is 26.2 Å². The maximum absolute atomic E-state index is 12.3. The highest BCUT2D eigenvalue weighted by molar-refractivity contribution is 7.81. The Morgan fingerprint density at radius 1 is 0.738 bits per heavy atom. The summed E-state index contributed by atoms with van der Waals surface area (Å²) in [7, 11) is -10.0. The van der Waals surface area contributed by atoms with E-state index in [1.807, 2.05) is 6.92 Å². The van der Waals surface area contributed by atoms with E-state index in [4.69, 9.17) is 5.11 Å². The zero-order chi connectivity index (χ0) is 30.7. The Morgan fingerprint density at radius 3 is 1.50 bits per heavy atom. The molecule has 1 N–H and O–H groups in total. The molecular formula is C21H30N6O13S2-2. The number of piperidine rings is 2. The number of aliphatic hydroxyl groups excluding tert-OH is 1. The zero-order valence-electron chi connectivity index (χ0n) is 22.4. The molecule has 0 saturated carbocycles. The van der Waals surface area contributed by atoms with Crippen LogP contribution >= 0.6 is 0 Å². The molecule has 6 rings (SSSR count). The molecule has 4 bridgehead atoms. The Morgan fingerprint density at radius 2 is 1.14 bits per heavy atom. The van der Waals surface area contributed by atoms with Gasteiger partial charge in [0, 0.05) is 51.1 Å². The Balaban J connectivity index is 0.000000168. The number of carbonyl (C=O) groups excluding carboxylic acids is 4. The van der Waals surface area contributed by atoms with Crippen molar-refractivity contribution < 1.29 is 58.8 Å². The molecule has 0 aliphatic carbocycles. The minimum absolute atomic E-state index is 0.0466. The van der Waals surface area contributed by atoms with E-state index in [-0.39, 0.29) is 49.9 Å². The van der Waals surface area contributed by atoms with E-state index in [9.17, 15) is 45.1 Å². The molecule has 42 heavy (non-hydrogen) atoms. The van der Waals surface area contributed by atoms with Gasteiger partial charge in [0.2, 0.25) is 32.6 Å². The van der Waals surface area contributed by atoms with E-state index in [0.717, 1.165) is 6.42 Å². The van der Waals surface area contributed by atoms with Crippen molar-refractivity contribution in [3.8, 4) is 0 Å². The first-order valence-corrected chi connectivity index (χ1v) is 16.0. The number of likely N-dealkylation sites (tertiary alicyclic amines) is 2. The molecule has 6 aliphatic heterocycles. The van der Waals surface area contributed by atoms with Gasteiger partial charge in [-0.1, -0.05) is 6.92 Å². The molecule has 0 aromatic rings. The molecule has 0 radical (unpaired) electrons. The molecule has 6 amide bonds. The smallest absolute Gasteiger partial charge is 0.346 e. The van der Waals surface area contributed by atoms with Crippen LogP contribution in [-0.4, -0.2) is 155 Å². The second-order valence-corrected chi connectivity index (χ2v) is 12.9. The van der Waals surface area contributed by atoms with Crippen LogP contribution in [0.3, 0.4) is 0 Å². The fourth-order valence-electron chi connectivity index (χ4n) is 6.91. The van der Waals surface area contributed by atoms with E-state index in [1.54, 1.807) is 4.90 Å². The highest BCUT2D eigenvalue weighted by Gasteiger charge is 2.58. The predicted octanol–water partition coefficient (Wildman–Crippen LogP) is -3.17. The highest BCUT2D eigenvalue weighted by Crippen LogP contribution is 2.40. The Labute approximate surface area is 241 Å². The lowest BCUT2D eigenvalue weighted by Gasteiger charge is -2.30. The molecule has 6 atom stereocenters. The minimum atomic E-state index is -5.04. The first kappa shape index (κ1) is 30.6. The molecule has 0 aromatic heterocycles. The molecule has 6 saturated heterocycles. The summed E-state index contributed by atoms with van der Waals surface area (Å²) in [6.45, 7) is 3.96. The third-order valence-electron chi connectivity index (χ3n) is 8.31. The highest BCUT2D eigenvalue weighted by atomic mass is 32.3. The van der Waals surface area contributed by atoms with Gasteiger partial charge in [-0.3, -0.25) is 9.59 Å². The van der Waals surface area contributed by atoms with Gasteiger partial charge in [0.15, 0.2) is 0 Å². The fraction of sp³-hybridized carbons (Fsp3) is 0.810. The van der Waals surface area contributed by atoms with Crippen LogP contribution in [0.15, 0.2) is 0 Å². The number of fused-ring (bicyclic) bond motifs is 8. The van der Waals surface area contributed by atoms with Crippen LogP contribution in [-0.2, 0) is 39.0 Å². The molecule has 6 heterocycles. The number of amides is 6. The second kappa shape index (κ2) is 11.0. The first-order valence-electron chi connectivity index (χ1n) is 13.3. The summed E-state index contributed by atoms with van der Waals surface area (Å²) in [5.74, 6) is -0.586. The topological polar surface area (TPSA) is 241 Å². The zero-order valence-corrected chi connectivity index (χ0v) is 24.0. The number of urea groups is 2. The summed E-state index contributed by atoms with van der Waals surface area (Å²) in [5.41, 5.74) is 0. The average Bonchev–Trinajstić information content (AvgIpc) is 3.53. The lowest BCUT2D eigenvalue weighted by atomic mass is 9.91. The normalized spacial score (nSPS) is 32.1. The van der Waals surface area contributed by atoms with Crippen LogP contribution in [0.4, 0.5) is 9.59 Å². The fourth-order valence-corrected chi connectivity index (χ4v) is 7.67. The molecular weight excluding hydrogens is 608 g/mol. The van der Waals surface area contributed by atoms with Crippen molar-refractivity contribution >= 4 is 44.7 Å². The Bertz CT molecular complexity index is 1260. The van der Waals surface area contributed by atoms with E-state index in [2.05, 4.69) is 8.57 Å². The van der Waals surface area contributed by atoms with Crippen LogP contribution in [0.25, 0.3) is 0 Å². The minimum Gasteiger partial charge on any atom is -0.724 e. The molecule has 6 fully saturated rings. The van der Waals surface area contributed by atoms with Gasteiger partial charge in [-0.25, -0.2) is 26.4 Å². The van der Waals surface area contributed by atoms with Crippen LogP contribution in [0, 0.1) is 11.8 Å². The molecule has 0 aromatic carbocycles. The van der Waals surface area contributed by atoms with E-state index in [0.29, 0.717) is 42.6 Å². The van der Waals surface area contributed by atoms with Crippen LogP contribution in [0.2, 0.25) is 0 Å². The number of nitrogens with zero attached hydrogens (tertiary/aromatic N) is 6. The molecule has 0 spiro atoms. The number of carbonyl (C=O) groups is 4. The van der Waals surface area contributed by atoms with Gasteiger partial charge in [-0.2, -0.15) is 18.7 Å². The summed E-state index contributed by atoms with van der Waals surface area (Å²) < 4.78 is 72.6. The summed E-state index contributed by atoms with van der Waals surface area (Å²) >= 11 is 0. The van der Waals surface area contributed by atoms with Crippen molar-refractivity contribution in [3.05, 3.63) is 0 Å². The second-order valence-electron chi connectivity index (χ2n) is 11.0. The van der Waals surface area contributed by atoms with Gasteiger partial charge >= 0.3 is 12.1 Å². The lowest BCUT2D eigenvalue weighted by molar-refractivity contribution is -0.132. The van der Waals surface area contributed by atoms with E-state index < -0.39 is 57.0 Å². The van der Waals surface area contributed by atoms with Crippen molar-refractivity contribution in [2.45, 2.75) is 50.4 Å². The summed E-state index contributed by atoms with van der Waals surface area (Å²) in [4.78, 5) is 54.7. The maximum atomic E-state index is 12.3. The number of hydrogen-bond donors (Lipinski definition) is 1. The summed E-state index contributed by atoms with van der Waals surface area (Å²) in [6, 6.07) is -3.82. The molecule has 19 nitrogen and oxygen atoms in total. The third-order valence-corrected chi connectivity index (χ3v) is 8.99. The van der Waals surface area contributed by atoms with Gasteiger partial charge in [0.1, 0.15) is 12.1 Å². The van der Waals surface area contributed by atoms with Crippen molar-refractivity contribution in [3.63, 3.8) is 0 Å². The van der Waals surface area contributed by atoms with Gasteiger partial charge in [-0.05, 0) is 19.3 Å². The lowest BCUT2D eigenvalue weighted by Crippen LogP contribution is -2.48. The monoisotopic (exact) mass is 638 g/mol. The van der Waals surface area contributed by atoms with E-state index in [1.165, 1.54) is 14.7 Å². The standard InChI is InChI=1S/C11H17N3O6S.C10H15N3O7S/c1-2-3-12-5-7-4-8-6-13(9(7)10(12)15)11(16)14(8)20-21(17,18)19;14-2-1-11-4-6-3-7-5-12(8(6)9(11)15)10(16)13(7)20-21(17,18)19/h7-9H,2-6H2,1H3,(H,17,18,19);6-8,14H,1-5H2,(H,17,18,19)/p-2/t7-,8+,9-;6-,7+,8-/m00/s1. The SMILES string of the molecule is CCCN1C[C@@H]2C[C@@H]3CN(C(=O)N3OS(=O)(=O)[O-])[C@@H]2C1=O.O=C1[C@@H]2[C@@H](C[C@@H]3CN2C(=O)N3OS(=O)(=O)[O-])CN1CCO. The number of hydrogen-bond acceptors (Lipinski definition) is 13. The molecule has 21 heteroatoms. The number of aliphatic hydroxyl groups is 1. The van der Waals surface area contributed by atoms with Gasteiger partial charge < -0.3 is 33.8 Å². The first-order chi connectivity index (χ1) is 19.6. The quantitative estimate of drug-likeness (QED) is 0.204. The number of rotatable bonds is 8.